The highest BCUT2D eigenvalue weighted by Crippen LogP contribution is 2.28. The third kappa shape index (κ3) is 8.35. The Balaban J connectivity index is 0.00000129. The van der Waals surface area contributed by atoms with E-state index in [9.17, 15) is 14.4 Å². The minimum atomic E-state index is -1.01. The van der Waals surface area contributed by atoms with Crippen molar-refractivity contribution in [2.45, 2.75) is 51.9 Å². The van der Waals surface area contributed by atoms with Crippen molar-refractivity contribution in [2.75, 3.05) is 32.7 Å². The fourth-order valence-electron chi connectivity index (χ4n) is 4.76. The molecule has 0 aromatic carbocycles. The largest absolute Gasteiger partial charge is 0.483 e. The molecular formula is C25H37N3O6. The van der Waals surface area contributed by atoms with Crippen LogP contribution < -0.4 is 5.32 Å². The summed E-state index contributed by atoms with van der Waals surface area (Å²) in [6, 6.07) is 0. The number of amides is 2. The highest BCUT2D eigenvalue weighted by Gasteiger charge is 2.34. The lowest BCUT2D eigenvalue weighted by Crippen LogP contribution is -2.48. The maximum atomic E-state index is 12.9. The molecule has 0 aliphatic carbocycles. The van der Waals surface area contributed by atoms with E-state index in [0.717, 1.165) is 50.9 Å². The van der Waals surface area contributed by atoms with E-state index in [-0.39, 0.29) is 37.2 Å². The molecule has 3 aliphatic rings. The van der Waals surface area contributed by atoms with Crippen LogP contribution in [0.3, 0.4) is 0 Å². The van der Waals surface area contributed by atoms with Crippen LogP contribution in [0.15, 0.2) is 35.6 Å². The van der Waals surface area contributed by atoms with Gasteiger partial charge >= 0.3 is 5.97 Å². The van der Waals surface area contributed by atoms with Crippen LogP contribution in [-0.2, 0) is 19.2 Å². The second kappa shape index (κ2) is 13.6. The van der Waals surface area contributed by atoms with E-state index in [1.807, 2.05) is 4.90 Å². The van der Waals surface area contributed by atoms with Crippen molar-refractivity contribution in [1.29, 1.82) is 0 Å². The molecule has 9 nitrogen and oxygen atoms in total. The highest BCUT2D eigenvalue weighted by atomic mass is 16.4. The Morgan fingerprint density at radius 1 is 1.21 bits per heavy atom. The van der Waals surface area contributed by atoms with Gasteiger partial charge in [-0.25, -0.2) is 0 Å². The predicted octanol–water partition coefficient (Wildman–Crippen LogP) is 2.41. The second-order valence-electron chi connectivity index (χ2n) is 9.15. The van der Waals surface area contributed by atoms with Crippen LogP contribution in [0.25, 0.3) is 0 Å². The molecule has 0 spiro atoms. The maximum Gasteiger partial charge on any atom is 0.323 e. The molecule has 1 unspecified atom stereocenters. The fraction of sp³-hybridized carbons (Fsp3) is 0.600. The molecule has 0 aromatic heterocycles. The molecule has 34 heavy (non-hydrogen) atoms. The van der Waals surface area contributed by atoms with Crippen LogP contribution in [0.4, 0.5) is 0 Å². The summed E-state index contributed by atoms with van der Waals surface area (Å²) in [7, 11) is 0. The Labute approximate surface area is 201 Å². The Kier molecular flexibility index (Phi) is 10.8. The van der Waals surface area contributed by atoms with Gasteiger partial charge in [0.1, 0.15) is 6.54 Å². The molecule has 2 saturated heterocycles. The van der Waals surface area contributed by atoms with Crippen molar-refractivity contribution >= 4 is 24.3 Å². The molecule has 2 amide bonds. The van der Waals surface area contributed by atoms with Crippen LogP contribution in [0.2, 0.25) is 0 Å². The van der Waals surface area contributed by atoms with Gasteiger partial charge in [0.15, 0.2) is 0 Å². The van der Waals surface area contributed by atoms with Crippen LogP contribution in [0, 0.1) is 11.8 Å². The first-order valence-corrected chi connectivity index (χ1v) is 11.9. The summed E-state index contributed by atoms with van der Waals surface area (Å²) in [5.41, 5.74) is 3.75. The average Bonchev–Trinajstić information content (AvgIpc) is 2.80. The number of hydrogen-bond donors (Lipinski definition) is 3. The summed E-state index contributed by atoms with van der Waals surface area (Å²) in [5, 5.41) is 19.2. The monoisotopic (exact) mass is 475 g/mol. The van der Waals surface area contributed by atoms with Gasteiger partial charge in [0.25, 0.3) is 6.47 Å². The van der Waals surface area contributed by atoms with Gasteiger partial charge in [-0.2, -0.15) is 0 Å². The summed E-state index contributed by atoms with van der Waals surface area (Å²) < 4.78 is 0. The fourth-order valence-corrected chi connectivity index (χ4v) is 4.76. The predicted molar refractivity (Wildman–Crippen MR) is 128 cm³/mol. The number of nitrogens with zero attached hydrogens (tertiary/aromatic N) is 2. The summed E-state index contributed by atoms with van der Waals surface area (Å²) in [5.74, 6) is -0.984. The number of rotatable bonds is 7. The van der Waals surface area contributed by atoms with Gasteiger partial charge in [0.2, 0.25) is 11.8 Å². The first-order valence-electron chi connectivity index (χ1n) is 11.9. The lowest BCUT2D eigenvalue weighted by Gasteiger charge is -2.37. The standard InChI is InChI=1S/C24H35N3O4.CH2O2/c1-17(5-6-20-4-3-10-25-18(20)2)14-19-7-11-26(12-8-19)24(31)21-9-13-27(16-23(29)30)22(28)15-21;2-1-3/h5-6,19,21,25H,1,3-4,7-16H2,2H3,(H,29,30);1H,(H,2,3)/b6-5-;. The van der Waals surface area contributed by atoms with E-state index in [0.29, 0.717) is 18.9 Å². The second-order valence-corrected chi connectivity index (χ2v) is 9.15. The van der Waals surface area contributed by atoms with Crippen molar-refractivity contribution in [1.82, 2.24) is 15.1 Å². The van der Waals surface area contributed by atoms with Crippen molar-refractivity contribution in [2.24, 2.45) is 11.8 Å². The SMILES string of the molecule is C=C(/C=C\C1=C(C)NCCC1)CC1CCN(C(=O)C2CCN(CC(=O)O)C(=O)C2)CC1.O=CO. The van der Waals surface area contributed by atoms with E-state index in [1.54, 1.807) is 0 Å². The molecule has 3 rings (SSSR count). The number of carbonyl (C=O) groups excluding carboxylic acids is 2. The third-order valence-electron chi connectivity index (χ3n) is 6.69. The summed E-state index contributed by atoms with van der Waals surface area (Å²) in [6.07, 6.45) is 10.1. The first-order chi connectivity index (χ1) is 16.2. The number of carbonyl (C=O) groups is 4. The lowest BCUT2D eigenvalue weighted by atomic mass is 9.88. The Bertz CT molecular complexity index is 827. The van der Waals surface area contributed by atoms with E-state index in [2.05, 4.69) is 31.0 Å². The molecule has 0 radical (unpaired) electrons. The third-order valence-corrected chi connectivity index (χ3v) is 6.69. The lowest BCUT2D eigenvalue weighted by molar-refractivity contribution is -0.150. The molecule has 0 aromatic rings. The van der Waals surface area contributed by atoms with Gasteiger partial charge < -0.3 is 25.3 Å². The number of allylic oxidation sites excluding steroid dienone is 5. The zero-order valence-electron chi connectivity index (χ0n) is 20.0. The van der Waals surface area contributed by atoms with Gasteiger partial charge in [-0.15, -0.1) is 0 Å². The number of aliphatic carboxylic acids is 1. The first kappa shape index (κ1) is 27.1. The molecule has 9 heteroatoms. The van der Waals surface area contributed by atoms with E-state index in [4.69, 9.17) is 15.0 Å². The number of hydrogen-bond acceptors (Lipinski definition) is 5. The Morgan fingerprint density at radius 3 is 2.47 bits per heavy atom. The molecule has 3 N–H and O–H groups in total. The van der Waals surface area contributed by atoms with Crippen LogP contribution in [0.5, 0.6) is 0 Å². The van der Waals surface area contributed by atoms with E-state index >= 15 is 0 Å². The minimum absolute atomic E-state index is 0.0488. The van der Waals surface area contributed by atoms with Crippen molar-refractivity contribution in [3.63, 3.8) is 0 Å². The molecule has 0 saturated carbocycles. The molecule has 3 heterocycles. The summed E-state index contributed by atoms with van der Waals surface area (Å²) in [4.78, 5) is 47.4. The normalized spacial score (nSPS) is 21.6. The zero-order valence-corrected chi connectivity index (χ0v) is 20.0. The van der Waals surface area contributed by atoms with E-state index < -0.39 is 5.97 Å². The van der Waals surface area contributed by atoms with Crippen molar-refractivity contribution < 1.29 is 29.4 Å². The maximum absolute atomic E-state index is 12.9. The number of carboxylic acids is 1. The summed E-state index contributed by atoms with van der Waals surface area (Å²) in [6.45, 7) is 8.66. The quantitative estimate of drug-likeness (QED) is 0.381. The van der Waals surface area contributed by atoms with Crippen LogP contribution in [-0.4, -0.2) is 77.0 Å². The van der Waals surface area contributed by atoms with Crippen LogP contribution in [0.1, 0.15) is 51.9 Å². The molecule has 2 fully saturated rings. The van der Waals surface area contributed by atoms with Gasteiger partial charge in [-0.1, -0.05) is 24.3 Å². The Hall–Kier alpha value is -3.10. The highest BCUT2D eigenvalue weighted by molar-refractivity contribution is 5.88. The average molecular weight is 476 g/mol. The number of piperidine rings is 2. The smallest absolute Gasteiger partial charge is 0.323 e. The minimum Gasteiger partial charge on any atom is -0.483 e. The zero-order chi connectivity index (χ0) is 25.1. The van der Waals surface area contributed by atoms with Crippen molar-refractivity contribution in [3.05, 3.63) is 35.6 Å². The van der Waals surface area contributed by atoms with Gasteiger partial charge in [-0.3, -0.25) is 19.2 Å². The van der Waals surface area contributed by atoms with Crippen molar-refractivity contribution in [3.8, 4) is 0 Å². The number of likely N-dealkylation sites (tertiary alicyclic amines) is 2. The summed E-state index contributed by atoms with van der Waals surface area (Å²) >= 11 is 0. The molecule has 0 bridgehead atoms. The molecule has 1 atom stereocenters. The number of carboxylic acid groups (broad SMARTS) is 2. The van der Waals surface area contributed by atoms with E-state index in [1.165, 1.54) is 22.6 Å². The van der Waals surface area contributed by atoms with Crippen LogP contribution >= 0.6 is 0 Å². The van der Waals surface area contributed by atoms with Gasteiger partial charge in [-0.05, 0) is 56.9 Å². The molecular weight excluding hydrogens is 438 g/mol. The Morgan fingerprint density at radius 2 is 1.88 bits per heavy atom. The topological polar surface area (TPSA) is 127 Å². The molecule has 188 valence electrons. The molecule has 3 aliphatic heterocycles. The van der Waals surface area contributed by atoms with Gasteiger partial charge in [0.05, 0.1) is 0 Å². The van der Waals surface area contributed by atoms with Gasteiger partial charge in [0, 0.05) is 44.2 Å². The number of nitrogens with one attached hydrogen (secondary N) is 1.